The highest BCUT2D eigenvalue weighted by atomic mass is 16.5. The number of rotatable bonds is 3. The van der Waals surface area contributed by atoms with Gasteiger partial charge in [0.25, 0.3) is 5.56 Å². The van der Waals surface area contributed by atoms with Crippen LogP contribution >= 0.6 is 0 Å². The van der Waals surface area contributed by atoms with Crippen LogP contribution < -0.4 is 16.6 Å². The largest absolute Gasteiger partial charge is 0.373 e. The van der Waals surface area contributed by atoms with E-state index in [1.165, 1.54) is 30.0 Å². The predicted octanol–water partition coefficient (Wildman–Crippen LogP) is 0.453. The van der Waals surface area contributed by atoms with Crippen LogP contribution in [0.1, 0.15) is 44.1 Å². The van der Waals surface area contributed by atoms with Gasteiger partial charge in [0.2, 0.25) is 5.91 Å². The average molecular weight is 321 g/mol. The second-order valence-electron chi connectivity index (χ2n) is 6.72. The van der Waals surface area contributed by atoms with E-state index in [0.29, 0.717) is 12.2 Å². The maximum absolute atomic E-state index is 12.2. The molecule has 23 heavy (non-hydrogen) atoms. The summed E-state index contributed by atoms with van der Waals surface area (Å²) in [6, 6.07) is 0.000148. The van der Waals surface area contributed by atoms with E-state index in [-0.39, 0.29) is 24.1 Å². The van der Waals surface area contributed by atoms with Gasteiger partial charge in [-0.05, 0) is 26.2 Å². The van der Waals surface area contributed by atoms with Crippen molar-refractivity contribution in [2.45, 2.75) is 63.6 Å². The van der Waals surface area contributed by atoms with Gasteiger partial charge in [0.15, 0.2) is 0 Å². The van der Waals surface area contributed by atoms with Crippen LogP contribution in [0.4, 0.5) is 0 Å². The monoisotopic (exact) mass is 321 g/mol. The van der Waals surface area contributed by atoms with E-state index >= 15 is 0 Å². The van der Waals surface area contributed by atoms with Gasteiger partial charge in [-0.2, -0.15) is 0 Å². The molecule has 2 heterocycles. The van der Waals surface area contributed by atoms with E-state index in [0.717, 1.165) is 19.3 Å². The van der Waals surface area contributed by atoms with Crippen LogP contribution in [0.25, 0.3) is 0 Å². The standard InChI is InChI=1S/C16H23N3O4/c1-11-8-19(15(22)18-14(11)21)9-13(20)17-12-7-16(23-10-12)5-3-2-4-6-16/h8,12H,2-7,9-10H2,1H3,(H,17,20)(H,18,21,22)/t12-/m0/s1. The molecule has 1 aliphatic heterocycles. The molecule has 0 unspecified atom stereocenters. The maximum atomic E-state index is 12.2. The molecule has 1 saturated carbocycles. The number of carbonyl (C=O) groups excluding carboxylic acids is 1. The van der Waals surface area contributed by atoms with E-state index in [2.05, 4.69) is 10.3 Å². The lowest BCUT2D eigenvalue weighted by Crippen LogP contribution is -2.41. The Morgan fingerprint density at radius 1 is 1.39 bits per heavy atom. The molecular weight excluding hydrogens is 298 g/mol. The third-order valence-electron chi connectivity index (χ3n) is 4.84. The number of ether oxygens (including phenoxy) is 1. The fourth-order valence-corrected chi connectivity index (χ4v) is 3.65. The fourth-order valence-electron chi connectivity index (χ4n) is 3.65. The number of hydrogen-bond donors (Lipinski definition) is 2. The highest BCUT2D eigenvalue weighted by molar-refractivity contribution is 5.76. The number of aromatic amines is 1. The number of H-pyrrole nitrogens is 1. The highest BCUT2D eigenvalue weighted by Crippen LogP contribution is 2.39. The first-order valence-corrected chi connectivity index (χ1v) is 8.21. The molecule has 2 N–H and O–H groups in total. The van der Waals surface area contributed by atoms with Gasteiger partial charge in [0.05, 0.1) is 18.2 Å². The summed E-state index contributed by atoms with van der Waals surface area (Å²) in [5.74, 6) is -0.236. The molecule has 126 valence electrons. The normalized spacial score (nSPS) is 23.1. The van der Waals surface area contributed by atoms with Crippen molar-refractivity contribution in [2.24, 2.45) is 0 Å². The van der Waals surface area contributed by atoms with Crippen molar-refractivity contribution in [3.05, 3.63) is 32.6 Å². The molecule has 0 bridgehead atoms. The SMILES string of the molecule is Cc1cn(CC(=O)N[C@@H]2COC3(CCCCC3)C2)c(=O)[nH]c1=O. The molecule has 1 amide bonds. The molecule has 1 spiro atoms. The third kappa shape index (κ3) is 3.55. The van der Waals surface area contributed by atoms with E-state index in [1.807, 2.05) is 0 Å². The van der Waals surface area contributed by atoms with Gasteiger partial charge in [0, 0.05) is 11.8 Å². The summed E-state index contributed by atoms with van der Waals surface area (Å²) in [5.41, 5.74) is -0.637. The van der Waals surface area contributed by atoms with Gasteiger partial charge in [-0.25, -0.2) is 4.79 Å². The average Bonchev–Trinajstić information content (AvgIpc) is 2.87. The van der Waals surface area contributed by atoms with Crippen molar-refractivity contribution in [3.63, 3.8) is 0 Å². The van der Waals surface area contributed by atoms with Gasteiger partial charge in [0.1, 0.15) is 6.54 Å². The lowest BCUT2D eigenvalue weighted by molar-refractivity contribution is -0.122. The molecule has 2 fully saturated rings. The zero-order valence-corrected chi connectivity index (χ0v) is 13.4. The van der Waals surface area contributed by atoms with Crippen LogP contribution in [0.2, 0.25) is 0 Å². The summed E-state index contributed by atoms with van der Waals surface area (Å²) < 4.78 is 7.19. The Morgan fingerprint density at radius 3 is 2.87 bits per heavy atom. The minimum Gasteiger partial charge on any atom is -0.373 e. The number of amides is 1. The molecule has 1 atom stereocenters. The third-order valence-corrected chi connectivity index (χ3v) is 4.84. The van der Waals surface area contributed by atoms with Gasteiger partial charge in [-0.15, -0.1) is 0 Å². The highest BCUT2D eigenvalue weighted by Gasteiger charge is 2.41. The van der Waals surface area contributed by atoms with Gasteiger partial charge < -0.3 is 10.1 Å². The second-order valence-corrected chi connectivity index (χ2v) is 6.72. The first-order chi connectivity index (χ1) is 11.0. The first kappa shape index (κ1) is 16.0. The summed E-state index contributed by atoms with van der Waals surface area (Å²) >= 11 is 0. The van der Waals surface area contributed by atoms with Crippen LogP contribution in [0, 0.1) is 6.92 Å². The van der Waals surface area contributed by atoms with E-state index in [1.54, 1.807) is 6.92 Å². The van der Waals surface area contributed by atoms with Crippen LogP contribution in [-0.4, -0.2) is 33.7 Å². The minimum absolute atomic E-state index is 0.000148. The van der Waals surface area contributed by atoms with Gasteiger partial charge >= 0.3 is 5.69 Å². The molecule has 7 nitrogen and oxygen atoms in total. The minimum atomic E-state index is -0.567. The maximum Gasteiger partial charge on any atom is 0.328 e. The molecule has 7 heteroatoms. The van der Waals surface area contributed by atoms with Crippen LogP contribution in [0.15, 0.2) is 15.8 Å². The van der Waals surface area contributed by atoms with Crippen molar-refractivity contribution in [2.75, 3.05) is 6.61 Å². The van der Waals surface area contributed by atoms with E-state index < -0.39 is 11.2 Å². The van der Waals surface area contributed by atoms with Crippen molar-refractivity contribution >= 4 is 5.91 Å². The van der Waals surface area contributed by atoms with Crippen molar-refractivity contribution in [1.82, 2.24) is 14.9 Å². The zero-order chi connectivity index (χ0) is 16.4. The molecule has 1 saturated heterocycles. The molecule has 3 rings (SSSR count). The van der Waals surface area contributed by atoms with Gasteiger partial charge in [-0.3, -0.25) is 19.1 Å². The quantitative estimate of drug-likeness (QED) is 0.845. The Morgan fingerprint density at radius 2 is 2.13 bits per heavy atom. The number of nitrogens with one attached hydrogen (secondary N) is 2. The summed E-state index contributed by atoms with van der Waals surface area (Å²) in [5, 5.41) is 2.94. The van der Waals surface area contributed by atoms with Crippen LogP contribution in [-0.2, 0) is 16.1 Å². The molecule has 1 aromatic heterocycles. The number of nitrogens with zero attached hydrogens (tertiary/aromatic N) is 1. The molecule has 2 aliphatic rings. The lowest BCUT2D eigenvalue weighted by atomic mass is 9.82. The summed E-state index contributed by atoms with van der Waals surface area (Å²) in [6.07, 6.45) is 8.03. The molecular formula is C16H23N3O4. The Labute approximate surface area is 134 Å². The Bertz CT molecular complexity index is 700. The lowest BCUT2D eigenvalue weighted by Gasteiger charge is -2.32. The Kier molecular flexibility index (Phi) is 4.39. The predicted molar refractivity (Wildman–Crippen MR) is 84.4 cm³/mol. The molecule has 0 radical (unpaired) electrons. The van der Waals surface area contributed by atoms with E-state index in [4.69, 9.17) is 4.74 Å². The molecule has 1 aliphatic carbocycles. The number of carbonyl (C=O) groups is 1. The topological polar surface area (TPSA) is 93.2 Å². The van der Waals surface area contributed by atoms with Crippen LogP contribution in [0.3, 0.4) is 0 Å². The smallest absolute Gasteiger partial charge is 0.328 e. The number of aryl methyl sites for hydroxylation is 1. The van der Waals surface area contributed by atoms with Crippen molar-refractivity contribution < 1.29 is 9.53 Å². The second kappa shape index (κ2) is 6.31. The van der Waals surface area contributed by atoms with E-state index in [9.17, 15) is 14.4 Å². The first-order valence-electron chi connectivity index (χ1n) is 8.21. The molecule has 0 aromatic carbocycles. The fraction of sp³-hybridized carbons (Fsp3) is 0.688. The Balaban J connectivity index is 1.59. The molecule has 1 aromatic rings. The summed E-state index contributed by atoms with van der Waals surface area (Å²) in [7, 11) is 0. The number of aromatic nitrogens is 2. The van der Waals surface area contributed by atoms with Crippen LogP contribution in [0.5, 0.6) is 0 Å². The van der Waals surface area contributed by atoms with Crippen molar-refractivity contribution in [3.8, 4) is 0 Å². The Hall–Kier alpha value is -1.89. The van der Waals surface area contributed by atoms with Crippen molar-refractivity contribution in [1.29, 1.82) is 0 Å². The number of hydrogen-bond acceptors (Lipinski definition) is 4. The summed E-state index contributed by atoms with van der Waals surface area (Å²) in [6.45, 7) is 2.04. The van der Waals surface area contributed by atoms with Gasteiger partial charge in [-0.1, -0.05) is 19.3 Å². The zero-order valence-electron chi connectivity index (χ0n) is 13.4. The summed E-state index contributed by atoms with van der Waals surface area (Å²) in [4.78, 5) is 37.4.